The Morgan fingerprint density at radius 3 is 1.81 bits per heavy atom. The molecule has 1 aromatic carbocycles. The third kappa shape index (κ3) is 8.87. The average Bonchev–Trinajstić information content (AvgIpc) is 2.49. The molecule has 21 heavy (non-hydrogen) atoms. The highest BCUT2D eigenvalue weighted by molar-refractivity contribution is 5.19. The third-order valence-electron chi connectivity index (χ3n) is 4.17. The maximum absolute atomic E-state index is 12.8. The summed E-state index contributed by atoms with van der Waals surface area (Å²) < 4.78 is 12.8. The second-order valence-electron chi connectivity index (χ2n) is 6.13. The molecule has 0 spiro atoms. The van der Waals surface area contributed by atoms with Gasteiger partial charge in [-0.25, -0.2) is 4.39 Å². The number of hydrogen-bond donors (Lipinski definition) is 1. The molecule has 1 aromatic rings. The summed E-state index contributed by atoms with van der Waals surface area (Å²) in [4.78, 5) is 0. The molecule has 120 valence electrons. The number of rotatable bonds is 12. The first-order valence-corrected chi connectivity index (χ1v) is 8.75. The zero-order chi connectivity index (χ0) is 15.3. The van der Waals surface area contributed by atoms with Crippen molar-refractivity contribution in [1.29, 1.82) is 0 Å². The second kappa shape index (κ2) is 11.7. The van der Waals surface area contributed by atoms with Gasteiger partial charge >= 0.3 is 0 Å². The molecule has 1 atom stereocenters. The fraction of sp³-hybridized carbons (Fsp3) is 0.684. The maximum atomic E-state index is 12.8. The van der Waals surface area contributed by atoms with Gasteiger partial charge in [0.15, 0.2) is 0 Å². The van der Waals surface area contributed by atoms with Crippen molar-refractivity contribution in [2.75, 3.05) is 0 Å². The van der Waals surface area contributed by atoms with E-state index in [0.717, 1.165) is 12.0 Å². The predicted molar refractivity (Wildman–Crippen MR) is 89.8 cm³/mol. The molecule has 0 saturated carbocycles. The van der Waals surface area contributed by atoms with E-state index in [2.05, 4.69) is 6.92 Å². The highest BCUT2D eigenvalue weighted by Crippen LogP contribution is 2.18. The fourth-order valence-corrected chi connectivity index (χ4v) is 2.73. The minimum absolute atomic E-state index is 0.0552. The van der Waals surface area contributed by atoms with Crippen molar-refractivity contribution in [3.8, 4) is 0 Å². The van der Waals surface area contributed by atoms with Crippen LogP contribution in [0.4, 0.5) is 4.39 Å². The highest BCUT2D eigenvalue weighted by Gasteiger charge is 2.05. The molecule has 0 radical (unpaired) electrons. The Hall–Kier alpha value is -0.890. The van der Waals surface area contributed by atoms with Crippen LogP contribution in [0.25, 0.3) is 0 Å². The molecule has 0 fully saturated rings. The van der Waals surface area contributed by atoms with E-state index in [9.17, 15) is 4.39 Å². The third-order valence-corrected chi connectivity index (χ3v) is 4.17. The van der Waals surface area contributed by atoms with Crippen molar-refractivity contribution >= 4 is 0 Å². The van der Waals surface area contributed by atoms with Crippen LogP contribution in [0.2, 0.25) is 0 Å². The van der Waals surface area contributed by atoms with Gasteiger partial charge in [-0.15, -0.1) is 0 Å². The van der Waals surface area contributed by atoms with Crippen LogP contribution in [0, 0.1) is 5.82 Å². The molecule has 1 unspecified atom stereocenters. The molecular weight excluding hydrogens is 261 g/mol. The Kier molecular flexibility index (Phi) is 10.1. The summed E-state index contributed by atoms with van der Waals surface area (Å²) in [6, 6.07) is 6.65. The number of unbranched alkanes of at least 4 members (excludes halogenated alkanes) is 9. The van der Waals surface area contributed by atoms with Gasteiger partial charge in [-0.2, -0.15) is 0 Å². The smallest absolute Gasteiger partial charge is 0.123 e. The van der Waals surface area contributed by atoms with Crippen LogP contribution >= 0.6 is 0 Å². The Morgan fingerprint density at radius 1 is 0.810 bits per heavy atom. The van der Waals surface area contributed by atoms with Gasteiger partial charge in [-0.05, 0) is 24.1 Å². The van der Waals surface area contributed by atoms with Gasteiger partial charge in [0.1, 0.15) is 5.82 Å². The molecule has 0 aromatic heterocycles. The Bertz CT molecular complexity index is 347. The molecule has 0 amide bonds. The van der Waals surface area contributed by atoms with Gasteiger partial charge in [0.05, 0.1) is 0 Å². The Morgan fingerprint density at radius 2 is 1.29 bits per heavy atom. The lowest BCUT2D eigenvalue weighted by Crippen LogP contribution is -2.09. The molecule has 0 saturated heterocycles. The quantitative estimate of drug-likeness (QED) is 0.460. The average molecular weight is 293 g/mol. The summed E-state index contributed by atoms with van der Waals surface area (Å²) in [5.74, 6) is -0.190. The molecule has 1 nitrogen and oxygen atoms in total. The van der Waals surface area contributed by atoms with Crippen molar-refractivity contribution in [2.45, 2.75) is 83.6 Å². The van der Waals surface area contributed by atoms with Crippen molar-refractivity contribution < 1.29 is 4.39 Å². The lowest BCUT2D eigenvalue weighted by Gasteiger charge is -2.11. The zero-order valence-electron chi connectivity index (χ0n) is 13.6. The van der Waals surface area contributed by atoms with Crippen molar-refractivity contribution in [2.24, 2.45) is 5.73 Å². The van der Waals surface area contributed by atoms with Crippen molar-refractivity contribution in [1.82, 2.24) is 0 Å². The zero-order valence-corrected chi connectivity index (χ0v) is 13.6. The molecule has 0 aliphatic heterocycles. The van der Waals surface area contributed by atoms with Crippen LogP contribution in [0.5, 0.6) is 0 Å². The van der Waals surface area contributed by atoms with Crippen LogP contribution in [0.1, 0.15) is 89.2 Å². The maximum Gasteiger partial charge on any atom is 0.123 e. The van der Waals surface area contributed by atoms with Gasteiger partial charge in [-0.1, -0.05) is 83.3 Å². The van der Waals surface area contributed by atoms with E-state index in [1.165, 1.54) is 76.3 Å². The summed E-state index contributed by atoms with van der Waals surface area (Å²) in [5.41, 5.74) is 7.18. The Labute approximate surface area is 130 Å². The normalized spacial score (nSPS) is 12.5. The number of hydrogen-bond acceptors (Lipinski definition) is 1. The lowest BCUT2D eigenvalue weighted by molar-refractivity contribution is 0.528. The van der Waals surface area contributed by atoms with E-state index in [1.807, 2.05) is 0 Å². The van der Waals surface area contributed by atoms with E-state index in [-0.39, 0.29) is 11.9 Å². The molecule has 0 aliphatic rings. The first kappa shape index (κ1) is 18.2. The second-order valence-corrected chi connectivity index (χ2v) is 6.13. The number of halogens is 1. The van der Waals surface area contributed by atoms with Crippen LogP contribution in [-0.4, -0.2) is 0 Å². The van der Waals surface area contributed by atoms with Gasteiger partial charge in [0.25, 0.3) is 0 Å². The van der Waals surface area contributed by atoms with Crippen LogP contribution in [0.3, 0.4) is 0 Å². The summed E-state index contributed by atoms with van der Waals surface area (Å²) in [5, 5.41) is 0. The van der Waals surface area contributed by atoms with Crippen LogP contribution in [0.15, 0.2) is 24.3 Å². The minimum Gasteiger partial charge on any atom is -0.324 e. The minimum atomic E-state index is -0.190. The SMILES string of the molecule is CCCCCCCCCCCCC(N)c1ccc(F)cc1. The fourth-order valence-electron chi connectivity index (χ4n) is 2.73. The topological polar surface area (TPSA) is 26.0 Å². The standard InChI is InChI=1S/C19H32FN/c1-2-3-4-5-6-7-8-9-10-11-12-19(21)17-13-15-18(20)16-14-17/h13-16,19H,2-12,21H2,1H3. The molecule has 2 heteroatoms. The molecule has 0 heterocycles. The van der Waals surface area contributed by atoms with Crippen molar-refractivity contribution in [3.05, 3.63) is 35.6 Å². The summed E-state index contributed by atoms with van der Waals surface area (Å²) >= 11 is 0. The summed E-state index contributed by atoms with van der Waals surface area (Å²) in [7, 11) is 0. The van der Waals surface area contributed by atoms with E-state index in [4.69, 9.17) is 5.73 Å². The molecule has 0 bridgehead atoms. The molecule has 1 rings (SSSR count). The van der Waals surface area contributed by atoms with E-state index < -0.39 is 0 Å². The lowest BCUT2D eigenvalue weighted by atomic mass is 10.00. The van der Waals surface area contributed by atoms with Crippen LogP contribution < -0.4 is 5.73 Å². The predicted octanol–water partition coefficient (Wildman–Crippen LogP) is 6.14. The largest absolute Gasteiger partial charge is 0.324 e. The van der Waals surface area contributed by atoms with Gasteiger partial charge < -0.3 is 5.73 Å². The van der Waals surface area contributed by atoms with E-state index in [0.29, 0.717) is 0 Å². The van der Waals surface area contributed by atoms with E-state index >= 15 is 0 Å². The van der Waals surface area contributed by atoms with Crippen LogP contribution in [-0.2, 0) is 0 Å². The van der Waals surface area contributed by atoms with Gasteiger partial charge in [0, 0.05) is 6.04 Å². The first-order chi connectivity index (χ1) is 10.2. The van der Waals surface area contributed by atoms with Gasteiger partial charge in [-0.3, -0.25) is 0 Å². The first-order valence-electron chi connectivity index (χ1n) is 8.75. The summed E-state index contributed by atoms with van der Waals surface area (Å²) in [6.45, 7) is 2.26. The van der Waals surface area contributed by atoms with Gasteiger partial charge in [0.2, 0.25) is 0 Å². The highest BCUT2D eigenvalue weighted by atomic mass is 19.1. The Balaban J connectivity index is 1.95. The van der Waals surface area contributed by atoms with E-state index in [1.54, 1.807) is 12.1 Å². The molecule has 2 N–H and O–H groups in total. The summed E-state index contributed by atoms with van der Waals surface area (Å²) in [6.07, 6.45) is 14.4. The molecule has 0 aliphatic carbocycles. The molecular formula is C19H32FN. The number of nitrogens with two attached hydrogens (primary N) is 1. The monoisotopic (exact) mass is 293 g/mol. The number of benzene rings is 1. The van der Waals surface area contributed by atoms with Crippen molar-refractivity contribution in [3.63, 3.8) is 0 Å².